The van der Waals surface area contributed by atoms with E-state index in [1.165, 1.54) is 25.0 Å². The lowest BCUT2D eigenvalue weighted by Crippen LogP contribution is -2.30. The maximum atomic E-state index is 13.9. The molecule has 1 aliphatic carbocycles. The van der Waals surface area contributed by atoms with E-state index >= 15 is 0 Å². The molecule has 1 aromatic carbocycles. The maximum Gasteiger partial charge on any atom is 0.254 e. The van der Waals surface area contributed by atoms with Gasteiger partial charge in [-0.1, -0.05) is 31.6 Å². The summed E-state index contributed by atoms with van der Waals surface area (Å²) in [5, 5.41) is 11.4. The summed E-state index contributed by atoms with van der Waals surface area (Å²) >= 11 is 0. The predicted molar refractivity (Wildman–Crippen MR) is 79.2 cm³/mol. The quantitative estimate of drug-likeness (QED) is 0.839. The summed E-state index contributed by atoms with van der Waals surface area (Å²) in [6.07, 6.45) is 3.53. The van der Waals surface area contributed by atoms with Gasteiger partial charge in [0.2, 0.25) is 0 Å². The van der Waals surface area contributed by atoms with Crippen molar-refractivity contribution >= 4 is 5.91 Å². The molecule has 0 saturated heterocycles. The van der Waals surface area contributed by atoms with E-state index in [1.807, 2.05) is 0 Å². The summed E-state index contributed by atoms with van der Waals surface area (Å²) in [6, 6.07) is 4.23. The molecule has 0 spiro atoms. The average molecular weight is 289 g/mol. The number of halogens is 1. The van der Waals surface area contributed by atoms with Crippen LogP contribution in [0.3, 0.4) is 0 Å². The number of amides is 1. The highest BCUT2D eigenvalue weighted by Gasteiger charge is 2.24. The molecule has 0 radical (unpaired) electrons. The summed E-state index contributed by atoms with van der Waals surface area (Å²) in [5.74, 6) is 5.20. The van der Waals surface area contributed by atoms with Gasteiger partial charge in [0.05, 0.1) is 5.56 Å². The number of carbonyl (C=O) groups is 1. The summed E-state index contributed by atoms with van der Waals surface area (Å²) in [7, 11) is 0. The first-order valence-electron chi connectivity index (χ1n) is 7.29. The maximum absolute atomic E-state index is 13.9. The van der Waals surface area contributed by atoms with Crippen molar-refractivity contribution in [2.24, 2.45) is 11.8 Å². The van der Waals surface area contributed by atoms with Crippen LogP contribution in [0.4, 0.5) is 4.39 Å². The Labute approximate surface area is 124 Å². The third-order valence-corrected chi connectivity index (χ3v) is 4.09. The Morgan fingerprint density at radius 3 is 2.90 bits per heavy atom. The molecule has 0 aliphatic heterocycles. The molecule has 0 aromatic heterocycles. The molecule has 3 nitrogen and oxygen atoms in total. The van der Waals surface area contributed by atoms with Crippen LogP contribution in [0.1, 0.15) is 42.1 Å². The van der Waals surface area contributed by atoms with Gasteiger partial charge in [-0.15, -0.1) is 0 Å². The highest BCUT2D eigenvalue weighted by molar-refractivity contribution is 5.94. The molecule has 0 bridgehead atoms. The molecule has 1 saturated carbocycles. The first-order valence-corrected chi connectivity index (χ1v) is 7.29. The largest absolute Gasteiger partial charge is 0.384 e. The molecule has 1 aliphatic rings. The van der Waals surface area contributed by atoms with Crippen molar-refractivity contribution in [3.05, 3.63) is 35.1 Å². The van der Waals surface area contributed by atoms with Crippen LogP contribution in [0.25, 0.3) is 0 Å². The van der Waals surface area contributed by atoms with E-state index < -0.39 is 5.82 Å². The van der Waals surface area contributed by atoms with E-state index in [9.17, 15) is 9.18 Å². The molecule has 0 heterocycles. The number of aliphatic hydroxyl groups is 1. The second-order valence-corrected chi connectivity index (χ2v) is 5.53. The molecular weight excluding hydrogens is 269 g/mol. The second kappa shape index (κ2) is 7.24. The molecule has 1 aromatic rings. The van der Waals surface area contributed by atoms with Gasteiger partial charge in [-0.25, -0.2) is 4.39 Å². The Balaban J connectivity index is 1.99. The molecular formula is C17H20FNO2. The zero-order valence-corrected chi connectivity index (χ0v) is 12.2. The number of hydrogen-bond donors (Lipinski definition) is 2. The Morgan fingerprint density at radius 2 is 2.29 bits per heavy atom. The van der Waals surface area contributed by atoms with Gasteiger partial charge in [-0.3, -0.25) is 4.79 Å². The van der Waals surface area contributed by atoms with Crippen LogP contribution in [0.15, 0.2) is 18.2 Å². The van der Waals surface area contributed by atoms with E-state index in [1.54, 1.807) is 6.07 Å². The van der Waals surface area contributed by atoms with Gasteiger partial charge in [-0.05, 0) is 36.5 Å². The molecule has 112 valence electrons. The summed E-state index contributed by atoms with van der Waals surface area (Å²) in [5.41, 5.74) is 0.484. The van der Waals surface area contributed by atoms with Crippen molar-refractivity contribution in [2.45, 2.75) is 26.2 Å². The van der Waals surface area contributed by atoms with Gasteiger partial charge in [0.1, 0.15) is 12.4 Å². The highest BCUT2D eigenvalue weighted by Crippen LogP contribution is 2.30. The minimum Gasteiger partial charge on any atom is -0.384 e. The molecule has 1 amide bonds. The number of aliphatic hydroxyl groups excluding tert-OH is 1. The Bertz CT molecular complexity index is 574. The molecule has 2 N–H and O–H groups in total. The van der Waals surface area contributed by atoms with Crippen LogP contribution in [0, 0.1) is 29.5 Å². The number of benzene rings is 1. The smallest absolute Gasteiger partial charge is 0.254 e. The zero-order chi connectivity index (χ0) is 15.2. The van der Waals surface area contributed by atoms with Crippen molar-refractivity contribution in [3.8, 4) is 11.8 Å². The van der Waals surface area contributed by atoms with E-state index in [0.717, 1.165) is 6.42 Å². The Hall–Kier alpha value is -1.86. The van der Waals surface area contributed by atoms with E-state index in [2.05, 4.69) is 24.1 Å². The molecule has 21 heavy (non-hydrogen) atoms. The van der Waals surface area contributed by atoms with Gasteiger partial charge in [-0.2, -0.15) is 0 Å². The van der Waals surface area contributed by atoms with E-state index in [-0.39, 0.29) is 18.1 Å². The lowest BCUT2D eigenvalue weighted by atomic mass is 9.98. The van der Waals surface area contributed by atoms with Gasteiger partial charge in [0.25, 0.3) is 5.91 Å². The van der Waals surface area contributed by atoms with Gasteiger partial charge >= 0.3 is 0 Å². The molecule has 1 fully saturated rings. The van der Waals surface area contributed by atoms with E-state index in [0.29, 0.717) is 23.9 Å². The number of rotatable bonds is 3. The normalized spacial score (nSPS) is 20.7. The van der Waals surface area contributed by atoms with E-state index in [4.69, 9.17) is 5.11 Å². The zero-order valence-electron chi connectivity index (χ0n) is 12.2. The first kappa shape index (κ1) is 15.5. The monoisotopic (exact) mass is 289 g/mol. The molecule has 2 unspecified atom stereocenters. The molecule has 2 rings (SSSR count). The number of carbonyl (C=O) groups excluding carboxylic acids is 1. The van der Waals surface area contributed by atoms with Crippen molar-refractivity contribution in [2.75, 3.05) is 13.2 Å². The van der Waals surface area contributed by atoms with Crippen LogP contribution in [-0.4, -0.2) is 24.2 Å². The van der Waals surface area contributed by atoms with Crippen LogP contribution in [0.5, 0.6) is 0 Å². The van der Waals surface area contributed by atoms with Crippen molar-refractivity contribution in [1.29, 1.82) is 0 Å². The summed E-state index contributed by atoms with van der Waals surface area (Å²) in [6.45, 7) is 2.52. The van der Waals surface area contributed by atoms with Crippen LogP contribution < -0.4 is 5.32 Å². The average Bonchev–Trinajstić information content (AvgIpc) is 2.88. The van der Waals surface area contributed by atoms with Crippen LogP contribution >= 0.6 is 0 Å². The SMILES string of the molecule is CC1CCCC1CNC(=O)c1ccc(C#CCO)cc1F. The highest BCUT2D eigenvalue weighted by atomic mass is 19.1. The fourth-order valence-electron chi connectivity index (χ4n) is 2.76. The second-order valence-electron chi connectivity index (χ2n) is 5.53. The minimum atomic E-state index is -0.586. The lowest BCUT2D eigenvalue weighted by molar-refractivity contribution is 0.0940. The lowest BCUT2D eigenvalue weighted by Gasteiger charge is -2.16. The summed E-state index contributed by atoms with van der Waals surface area (Å²) in [4.78, 5) is 12.0. The predicted octanol–water partition coefficient (Wildman–Crippen LogP) is 2.34. The Morgan fingerprint density at radius 1 is 1.48 bits per heavy atom. The number of nitrogens with one attached hydrogen (secondary N) is 1. The van der Waals surface area contributed by atoms with Crippen molar-refractivity contribution in [3.63, 3.8) is 0 Å². The third kappa shape index (κ3) is 4.05. The molecule has 2 atom stereocenters. The van der Waals surface area contributed by atoms with Gasteiger partial charge < -0.3 is 10.4 Å². The first-order chi connectivity index (χ1) is 10.1. The molecule has 4 heteroatoms. The topological polar surface area (TPSA) is 49.3 Å². The minimum absolute atomic E-state index is 0.0372. The summed E-state index contributed by atoms with van der Waals surface area (Å²) < 4.78 is 13.9. The van der Waals surface area contributed by atoms with Crippen molar-refractivity contribution < 1.29 is 14.3 Å². The van der Waals surface area contributed by atoms with Gasteiger partial charge in [0.15, 0.2) is 0 Å². The van der Waals surface area contributed by atoms with Crippen LogP contribution in [-0.2, 0) is 0 Å². The number of hydrogen-bond acceptors (Lipinski definition) is 2. The Kier molecular flexibility index (Phi) is 5.35. The fraction of sp³-hybridized carbons (Fsp3) is 0.471. The van der Waals surface area contributed by atoms with Gasteiger partial charge in [0, 0.05) is 12.1 Å². The fourth-order valence-corrected chi connectivity index (χ4v) is 2.76. The van der Waals surface area contributed by atoms with Crippen molar-refractivity contribution in [1.82, 2.24) is 5.32 Å². The standard InChI is InChI=1S/C17H20FNO2/c1-12-4-2-6-14(12)11-19-17(21)15-8-7-13(5-3-9-20)10-16(15)18/h7-8,10,12,14,20H,2,4,6,9,11H2,1H3,(H,19,21). The third-order valence-electron chi connectivity index (χ3n) is 4.09. The van der Waals surface area contributed by atoms with Crippen LogP contribution in [0.2, 0.25) is 0 Å².